The number of carbonyl (C=O) groups excluding carboxylic acids is 1. The standard InChI is InChI=1S/C15H26O2S/c1-4-6-7-13-14(16)9-12(10-15(13)17)8-11(3)18-5-2/h11-12,16H,4-10H2,1-3H3. The second kappa shape index (κ2) is 7.88. The first-order valence-corrected chi connectivity index (χ1v) is 8.19. The molecule has 0 spiro atoms. The van der Waals surface area contributed by atoms with Gasteiger partial charge in [-0.3, -0.25) is 4.79 Å². The Hall–Kier alpha value is -0.440. The molecule has 18 heavy (non-hydrogen) atoms. The molecule has 0 aromatic rings. The number of aliphatic hydroxyl groups is 1. The summed E-state index contributed by atoms with van der Waals surface area (Å²) in [6, 6.07) is 0. The fraction of sp³-hybridized carbons (Fsp3) is 0.800. The second-order valence-electron chi connectivity index (χ2n) is 5.23. The van der Waals surface area contributed by atoms with Crippen molar-refractivity contribution in [1.82, 2.24) is 0 Å². The van der Waals surface area contributed by atoms with Gasteiger partial charge in [0.05, 0.1) is 5.76 Å². The van der Waals surface area contributed by atoms with Crippen LogP contribution in [0.25, 0.3) is 0 Å². The van der Waals surface area contributed by atoms with Crippen molar-refractivity contribution < 1.29 is 9.90 Å². The Morgan fingerprint density at radius 1 is 1.39 bits per heavy atom. The van der Waals surface area contributed by atoms with Gasteiger partial charge in [0.1, 0.15) is 0 Å². The zero-order valence-electron chi connectivity index (χ0n) is 11.9. The van der Waals surface area contributed by atoms with Gasteiger partial charge in [-0.15, -0.1) is 0 Å². The molecule has 2 nitrogen and oxygen atoms in total. The summed E-state index contributed by atoms with van der Waals surface area (Å²) in [5.74, 6) is 2.02. The molecule has 0 aliphatic heterocycles. The van der Waals surface area contributed by atoms with Crippen LogP contribution in [0.2, 0.25) is 0 Å². The van der Waals surface area contributed by atoms with Gasteiger partial charge in [0.2, 0.25) is 0 Å². The van der Waals surface area contributed by atoms with Crippen LogP contribution in [0.15, 0.2) is 11.3 Å². The van der Waals surface area contributed by atoms with E-state index in [1.54, 1.807) is 0 Å². The fourth-order valence-corrected chi connectivity index (χ4v) is 3.62. The smallest absolute Gasteiger partial charge is 0.162 e. The topological polar surface area (TPSA) is 37.3 Å². The summed E-state index contributed by atoms with van der Waals surface area (Å²) in [6.45, 7) is 6.48. The summed E-state index contributed by atoms with van der Waals surface area (Å²) >= 11 is 1.93. The molecule has 2 unspecified atom stereocenters. The molecule has 0 heterocycles. The van der Waals surface area contributed by atoms with E-state index in [-0.39, 0.29) is 5.78 Å². The lowest BCUT2D eigenvalue weighted by molar-refractivity contribution is -0.117. The summed E-state index contributed by atoms with van der Waals surface area (Å²) < 4.78 is 0. The van der Waals surface area contributed by atoms with Gasteiger partial charge in [0.25, 0.3) is 0 Å². The number of unbranched alkanes of at least 4 members (excludes halogenated alkanes) is 1. The number of hydrogen-bond acceptors (Lipinski definition) is 3. The first-order valence-electron chi connectivity index (χ1n) is 7.14. The second-order valence-corrected chi connectivity index (χ2v) is 6.94. The maximum Gasteiger partial charge on any atom is 0.162 e. The molecular weight excluding hydrogens is 244 g/mol. The summed E-state index contributed by atoms with van der Waals surface area (Å²) in [5.41, 5.74) is 0.712. The molecule has 0 aromatic carbocycles. The number of allylic oxidation sites excluding steroid dienone is 2. The van der Waals surface area contributed by atoms with Crippen molar-refractivity contribution in [3.63, 3.8) is 0 Å². The average Bonchev–Trinajstić information content (AvgIpc) is 2.28. The zero-order valence-corrected chi connectivity index (χ0v) is 12.7. The van der Waals surface area contributed by atoms with Gasteiger partial charge >= 0.3 is 0 Å². The van der Waals surface area contributed by atoms with Gasteiger partial charge < -0.3 is 5.11 Å². The number of carbonyl (C=O) groups is 1. The molecule has 104 valence electrons. The summed E-state index contributed by atoms with van der Waals surface area (Å²) in [4.78, 5) is 12.0. The van der Waals surface area contributed by atoms with Gasteiger partial charge in [-0.05, 0) is 30.9 Å². The average molecular weight is 270 g/mol. The van der Waals surface area contributed by atoms with E-state index in [1.165, 1.54) is 0 Å². The van der Waals surface area contributed by atoms with Crippen LogP contribution >= 0.6 is 11.8 Å². The molecule has 0 aromatic heterocycles. The highest BCUT2D eigenvalue weighted by Crippen LogP contribution is 2.33. The highest BCUT2D eigenvalue weighted by Gasteiger charge is 2.27. The summed E-state index contributed by atoms with van der Waals surface area (Å²) in [5, 5.41) is 10.6. The lowest BCUT2D eigenvalue weighted by Gasteiger charge is -2.25. The largest absolute Gasteiger partial charge is 0.512 e. The minimum Gasteiger partial charge on any atom is -0.512 e. The van der Waals surface area contributed by atoms with E-state index >= 15 is 0 Å². The molecule has 3 heteroatoms. The highest BCUT2D eigenvalue weighted by atomic mass is 32.2. The van der Waals surface area contributed by atoms with Crippen molar-refractivity contribution in [1.29, 1.82) is 0 Å². The van der Waals surface area contributed by atoms with E-state index in [4.69, 9.17) is 0 Å². The van der Waals surface area contributed by atoms with Crippen LogP contribution in [0, 0.1) is 5.92 Å². The SMILES string of the molecule is CCCCC1=C(O)CC(CC(C)SCC)CC1=O. The van der Waals surface area contributed by atoms with E-state index in [1.807, 2.05) is 11.8 Å². The Kier molecular flexibility index (Phi) is 6.83. The molecule has 0 fully saturated rings. The normalized spacial score (nSPS) is 22.4. The van der Waals surface area contributed by atoms with Crippen LogP contribution in [0.5, 0.6) is 0 Å². The Bertz CT molecular complexity index is 310. The third-order valence-electron chi connectivity index (χ3n) is 3.54. The van der Waals surface area contributed by atoms with Crippen LogP contribution in [0.4, 0.5) is 0 Å². The fourth-order valence-electron chi connectivity index (χ4n) is 2.64. The molecule has 0 saturated heterocycles. The first-order chi connectivity index (χ1) is 8.58. The molecule has 1 aliphatic rings. The third-order valence-corrected chi connectivity index (χ3v) is 4.63. The number of rotatable bonds is 7. The van der Waals surface area contributed by atoms with Crippen molar-refractivity contribution in [2.24, 2.45) is 5.92 Å². The van der Waals surface area contributed by atoms with Crippen LogP contribution < -0.4 is 0 Å². The number of aliphatic hydroxyl groups excluding tert-OH is 1. The molecule has 1 aliphatic carbocycles. The van der Waals surface area contributed by atoms with Gasteiger partial charge in [-0.25, -0.2) is 0 Å². The van der Waals surface area contributed by atoms with Crippen molar-refractivity contribution in [2.45, 2.75) is 64.5 Å². The number of Topliss-reactive ketones (excluding diaryl/α,β-unsaturated/α-hetero) is 1. The van der Waals surface area contributed by atoms with E-state index in [9.17, 15) is 9.90 Å². The van der Waals surface area contributed by atoms with Gasteiger partial charge in [0.15, 0.2) is 5.78 Å². The van der Waals surface area contributed by atoms with Crippen molar-refractivity contribution in [2.75, 3.05) is 5.75 Å². The Balaban J connectivity index is 2.55. The van der Waals surface area contributed by atoms with Crippen molar-refractivity contribution in [3.8, 4) is 0 Å². The number of hydrogen-bond donors (Lipinski definition) is 1. The predicted octanol–water partition coefficient (Wildman–Crippen LogP) is 4.50. The molecule has 1 N–H and O–H groups in total. The van der Waals surface area contributed by atoms with Crippen LogP contribution in [-0.4, -0.2) is 21.9 Å². The lowest BCUT2D eigenvalue weighted by Crippen LogP contribution is -2.22. The molecule has 0 saturated carbocycles. The zero-order chi connectivity index (χ0) is 13.5. The summed E-state index contributed by atoms with van der Waals surface area (Å²) in [6.07, 6.45) is 5.20. The van der Waals surface area contributed by atoms with Crippen molar-refractivity contribution >= 4 is 17.5 Å². The number of ketones is 1. The molecule has 0 bridgehead atoms. The molecule has 0 radical (unpaired) electrons. The van der Waals surface area contributed by atoms with E-state index in [2.05, 4.69) is 20.8 Å². The molecular formula is C15H26O2S. The van der Waals surface area contributed by atoms with Crippen LogP contribution in [-0.2, 0) is 4.79 Å². The van der Waals surface area contributed by atoms with Crippen LogP contribution in [0.1, 0.15) is 59.3 Å². The minimum absolute atomic E-state index is 0.186. The van der Waals surface area contributed by atoms with Gasteiger partial charge in [-0.1, -0.05) is 27.2 Å². The summed E-state index contributed by atoms with van der Waals surface area (Å²) in [7, 11) is 0. The van der Waals surface area contributed by atoms with Crippen molar-refractivity contribution in [3.05, 3.63) is 11.3 Å². The van der Waals surface area contributed by atoms with Crippen LogP contribution in [0.3, 0.4) is 0 Å². The maximum absolute atomic E-state index is 12.0. The molecule has 1 rings (SSSR count). The maximum atomic E-state index is 12.0. The quantitative estimate of drug-likeness (QED) is 0.740. The Labute approximate surface area is 115 Å². The van der Waals surface area contributed by atoms with E-state index < -0.39 is 0 Å². The van der Waals surface area contributed by atoms with Gasteiger partial charge in [0, 0.05) is 23.7 Å². The Morgan fingerprint density at radius 3 is 2.67 bits per heavy atom. The number of thioether (sulfide) groups is 1. The first kappa shape index (κ1) is 15.6. The molecule has 2 atom stereocenters. The highest BCUT2D eigenvalue weighted by molar-refractivity contribution is 7.99. The predicted molar refractivity (Wildman–Crippen MR) is 79.1 cm³/mol. The monoisotopic (exact) mass is 270 g/mol. The van der Waals surface area contributed by atoms with E-state index in [0.29, 0.717) is 35.3 Å². The van der Waals surface area contributed by atoms with E-state index in [0.717, 1.165) is 31.4 Å². The van der Waals surface area contributed by atoms with Gasteiger partial charge in [-0.2, -0.15) is 11.8 Å². The minimum atomic E-state index is 0.186. The molecule has 0 amide bonds. The third kappa shape index (κ3) is 4.68. The Morgan fingerprint density at radius 2 is 2.11 bits per heavy atom. The lowest BCUT2D eigenvalue weighted by atomic mass is 9.83.